The summed E-state index contributed by atoms with van der Waals surface area (Å²) in [5, 5.41) is 3.11. The highest BCUT2D eigenvalue weighted by atomic mass is 32.2. The first-order chi connectivity index (χ1) is 13.6. The molecule has 0 unspecified atom stereocenters. The number of amides is 1. The lowest BCUT2D eigenvalue weighted by Gasteiger charge is -2.12. The van der Waals surface area contributed by atoms with Crippen LogP contribution in [0.1, 0.15) is 18.2 Å². The van der Waals surface area contributed by atoms with Crippen molar-refractivity contribution in [2.24, 2.45) is 0 Å². The molecule has 0 radical (unpaired) electrons. The van der Waals surface area contributed by atoms with Gasteiger partial charge in [-0.2, -0.15) is 0 Å². The number of rotatable bonds is 5. The molecule has 0 aromatic carbocycles. The lowest BCUT2D eigenvalue weighted by molar-refractivity contribution is -0.122. The van der Waals surface area contributed by atoms with Gasteiger partial charge in [0.05, 0.1) is 23.3 Å². The van der Waals surface area contributed by atoms with E-state index in [2.05, 4.69) is 10.3 Å². The summed E-state index contributed by atoms with van der Waals surface area (Å²) in [5.74, 6) is 0.819. The van der Waals surface area contributed by atoms with Crippen molar-refractivity contribution in [2.45, 2.75) is 13.5 Å². The van der Waals surface area contributed by atoms with E-state index in [1.54, 1.807) is 42.8 Å². The van der Waals surface area contributed by atoms with E-state index >= 15 is 0 Å². The predicted molar refractivity (Wildman–Crippen MR) is 113 cm³/mol. The van der Waals surface area contributed by atoms with Gasteiger partial charge in [-0.1, -0.05) is 30.0 Å². The highest BCUT2D eigenvalue weighted by molar-refractivity contribution is 8.26. The second kappa shape index (κ2) is 7.61. The molecule has 1 amide bonds. The Morgan fingerprint density at radius 1 is 1.29 bits per heavy atom. The minimum absolute atomic E-state index is 0.252. The Labute approximate surface area is 170 Å². The normalized spacial score (nSPS) is 15.8. The van der Waals surface area contributed by atoms with Crippen LogP contribution in [-0.4, -0.2) is 31.1 Å². The Morgan fingerprint density at radius 3 is 2.89 bits per heavy atom. The smallest absolute Gasteiger partial charge is 0.267 e. The fourth-order valence-corrected chi connectivity index (χ4v) is 4.10. The van der Waals surface area contributed by atoms with Crippen molar-refractivity contribution in [2.75, 3.05) is 11.9 Å². The van der Waals surface area contributed by atoms with Gasteiger partial charge in [-0.15, -0.1) is 0 Å². The third-order valence-corrected chi connectivity index (χ3v) is 5.53. The number of nitrogens with zero attached hydrogens (tertiary/aromatic N) is 3. The number of carbonyl (C=O) groups excluding carboxylic acids is 1. The molecule has 0 bridgehead atoms. The SMILES string of the molecule is CCNc1nc2ccccn2c(=O)c1C=C1SC(=S)N(Cc2ccco2)C1=O. The molecular weight excluding hydrogens is 396 g/mol. The monoisotopic (exact) mass is 412 g/mol. The molecule has 0 atom stereocenters. The second-order valence-corrected chi connectivity index (χ2v) is 7.66. The molecule has 142 valence electrons. The lowest BCUT2D eigenvalue weighted by atomic mass is 10.2. The number of carbonyl (C=O) groups is 1. The third kappa shape index (κ3) is 3.34. The van der Waals surface area contributed by atoms with E-state index in [-0.39, 0.29) is 18.0 Å². The van der Waals surface area contributed by atoms with Gasteiger partial charge in [-0.25, -0.2) is 4.98 Å². The summed E-state index contributed by atoms with van der Waals surface area (Å²) >= 11 is 6.51. The summed E-state index contributed by atoms with van der Waals surface area (Å²) in [5.41, 5.74) is 0.605. The van der Waals surface area contributed by atoms with Gasteiger partial charge in [0.15, 0.2) is 0 Å². The number of nitrogens with one attached hydrogen (secondary N) is 1. The molecule has 9 heteroatoms. The number of hydrogen-bond donors (Lipinski definition) is 1. The molecule has 3 aromatic heterocycles. The highest BCUT2D eigenvalue weighted by Crippen LogP contribution is 2.34. The van der Waals surface area contributed by atoms with Crippen molar-refractivity contribution in [1.29, 1.82) is 0 Å². The number of anilines is 1. The summed E-state index contributed by atoms with van der Waals surface area (Å²) in [7, 11) is 0. The first-order valence-electron chi connectivity index (χ1n) is 8.61. The molecule has 28 heavy (non-hydrogen) atoms. The number of hydrogen-bond acceptors (Lipinski definition) is 7. The van der Waals surface area contributed by atoms with Crippen molar-refractivity contribution in [3.63, 3.8) is 0 Å². The van der Waals surface area contributed by atoms with Gasteiger partial charge in [-0.05, 0) is 37.3 Å². The van der Waals surface area contributed by atoms with E-state index in [1.165, 1.54) is 9.30 Å². The predicted octanol–water partition coefficient (Wildman–Crippen LogP) is 3.12. The molecule has 7 nitrogen and oxygen atoms in total. The summed E-state index contributed by atoms with van der Waals surface area (Å²) in [4.78, 5) is 32.2. The zero-order valence-electron chi connectivity index (χ0n) is 14.9. The van der Waals surface area contributed by atoms with Gasteiger partial charge < -0.3 is 9.73 Å². The van der Waals surface area contributed by atoms with Crippen LogP contribution in [-0.2, 0) is 11.3 Å². The van der Waals surface area contributed by atoms with Crippen LogP contribution in [0.3, 0.4) is 0 Å². The quantitative estimate of drug-likeness (QED) is 0.509. The number of fused-ring (bicyclic) bond motifs is 1. The molecule has 4 heterocycles. The van der Waals surface area contributed by atoms with Crippen LogP contribution in [0.2, 0.25) is 0 Å². The average molecular weight is 412 g/mol. The molecule has 3 aromatic rings. The minimum atomic E-state index is -0.258. The lowest BCUT2D eigenvalue weighted by Crippen LogP contribution is -2.27. The molecule has 0 saturated carbocycles. The Morgan fingerprint density at radius 2 is 2.14 bits per heavy atom. The third-order valence-electron chi connectivity index (χ3n) is 4.16. The Balaban J connectivity index is 1.76. The number of thioether (sulfide) groups is 1. The average Bonchev–Trinajstić information content (AvgIpc) is 3.29. The number of aromatic nitrogens is 2. The van der Waals surface area contributed by atoms with Gasteiger partial charge in [0.1, 0.15) is 21.5 Å². The molecule has 1 aliphatic rings. The Hall–Kier alpha value is -2.91. The van der Waals surface area contributed by atoms with E-state index < -0.39 is 0 Å². The number of thiocarbonyl (C=S) groups is 1. The zero-order chi connectivity index (χ0) is 19.7. The van der Waals surface area contributed by atoms with E-state index in [9.17, 15) is 9.59 Å². The van der Waals surface area contributed by atoms with Gasteiger partial charge in [0, 0.05) is 12.7 Å². The van der Waals surface area contributed by atoms with E-state index in [4.69, 9.17) is 16.6 Å². The second-order valence-electron chi connectivity index (χ2n) is 5.99. The zero-order valence-corrected chi connectivity index (χ0v) is 16.5. The largest absolute Gasteiger partial charge is 0.467 e. The Kier molecular flexibility index (Phi) is 5.01. The molecular formula is C19H16N4O3S2. The maximum atomic E-state index is 13.0. The maximum Gasteiger partial charge on any atom is 0.267 e. The van der Waals surface area contributed by atoms with E-state index in [0.717, 1.165) is 11.8 Å². The minimum Gasteiger partial charge on any atom is -0.467 e. The standard InChI is InChI=1S/C19H16N4O3S2/c1-2-20-16-13(17(24)22-8-4-3-7-15(22)21-16)10-14-18(25)23(19(27)28-14)11-12-6-5-9-26-12/h3-10,20H,2,11H2,1H3. The fraction of sp³-hybridized carbons (Fsp3) is 0.158. The van der Waals surface area contributed by atoms with Crippen LogP contribution in [0.25, 0.3) is 11.7 Å². The van der Waals surface area contributed by atoms with Crippen molar-refractivity contribution in [3.05, 3.63) is 69.4 Å². The molecule has 1 fully saturated rings. The van der Waals surface area contributed by atoms with Gasteiger partial charge in [-0.3, -0.25) is 18.9 Å². The molecule has 1 saturated heterocycles. The topological polar surface area (TPSA) is 79.9 Å². The van der Waals surface area contributed by atoms with Crippen molar-refractivity contribution >= 4 is 51.7 Å². The fourth-order valence-electron chi connectivity index (χ4n) is 2.86. The summed E-state index contributed by atoms with van der Waals surface area (Å²) < 4.78 is 7.19. The molecule has 0 spiro atoms. The van der Waals surface area contributed by atoms with Gasteiger partial charge >= 0.3 is 0 Å². The van der Waals surface area contributed by atoms with Crippen LogP contribution in [0.15, 0.2) is 56.9 Å². The van der Waals surface area contributed by atoms with Gasteiger partial charge in [0.2, 0.25) is 0 Å². The first kappa shape index (κ1) is 18.5. The summed E-state index contributed by atoms with van der Waals surface area (Å²) in [6.45, 7) is 2.76. The molecule has 1 aliphatic heterocycles. The maximum absolute atomic E-state index is 13.0. The van der Waals surface area contributed by atoms with Crippen LogP contribution in [0.4, 0.5) is 5.82 Å². The number of pyridine rings is 1. The summed E-state index contributed by atoms with van der Waals surface area (Å²) in [6, 6.07) is 8.87. The summed E-state index contributed by atoms with van der Waals surface area (Å²) in [6.07, 6.45) is 4.77. The van der Waals surface area contributed by atoms with Crippen LogP contribution >= 0.6 is 24.0 Å². The first-order valence-corrected chi connectivity index (χ1v) is 9.84. The van der Waals surface area contributed by atoms with Crippen molar-refractivity contribution in [3.8, 4) is 0 Å². The van der Waals surface area contributed by atoms with Gasteiger partial charge in [0.25, 0.3) is 11.5 Å². The van der Waals surface area contributed by atoms with Crippen molar-refractivity contribution in [1.82, 2.24) is 14.3 Å². The van der Waals surface area contributed by atoms with E-state index in [1.807, 2.05) is 13.0 Å². The molecule has 1 N–H and O–H groups in total. The highest BCUT2D eigenvalue weighted by Gasteiger charge is 2.33. The Bertz CT molecular complexity index is 1150. The molecule has 0 aliphatic carbocycles. The van der Waals surface area contributed by atoms with Crippen LogP contribution in [0, 0.1) is 0 Å². The van der Waals surface area contributed by atoms with Crippen molar-refractivity contribution < 1.29 is 9.21 Å². The number of furan rings is 1. The molecule has 4 rings (SSSR count). The van der Waals surface area contributed by atoms with Crippen LogP contribution in [0.5, 0.6) is 0 Å². The van der Waals surface area contributed by atoms with Crippen LogP contribution < -0.4 is 10.9 Å². The van der Waals surface area contributed by atoms with E-state index in [0.29, 0.717) is 38.6 Å².